The Morgan fingerprint density at radius 1 is 1.03 bits per heavy atom. The minimum atomic E-state index is -0.0214. The van der Waals surface area contributed by atoms with E-state index in [9.17, 15) is 4.79 Å². The van der Waals surface area contributed by atoms with Gasteiger partial charge in [0, 0.05) is 25.4 Å². The number of nitriles is 1. The summed E-state index contributed by atoms with van der Waals surface area (Å²) in [5.74, 6) is 0.585. The van der Waals surface area contributed by atoms with Crippen LogP contribution in [0.25, 0.3) is 0 Å². The number of ether oxygens (including phenoxy) is 1. The van der Waals surface area contributed by atoms with Crippen molar-refractivity contribution in [2.75, 3.05) is 24.5 Å². The van der Waals surface area contributed by atoms with Crippen LogP contribution in [0.1, 0.15) is 23.1 Å². The maximum Gasteiger partial charge on any atom is 0.245 e. The normalized spacial score (nSPS) is 17.7. The summed E-state index contributed by atoms with van der Waals surface area (Å²) in [5.41, 5.74) is 4.87. The van der Waals surface area contributed by atoms with Gasteiger partial charge in [0.05, 0.1) is 23.5 Å². The van der Waals surface area contributed by atoms with Gasteiger partial charge < -0.3 is 4.74 Å². The first kappa shape index (κ1) is 20.2. The highest BCUT2D eigenvalue weighted by Gasteiger charge is 2.30. The monoisotopic (exact) mass is 424 g/mol. The number of nitrogens with zero attached hydrogens (tertiary/aromatic N) is 4. The van der Waals surface area contributed by atoms with Crippen LogP contribution in [0.2, 0.25) is 0 Å². The van der Waals surface area contributed by atoms with Crippen LogP contribution in [-0.4, -0.2) is 41.5 Å². The molecule has 1 aromatic heterocycles. The Kier molecular flexibility index (Phi) is 5.57. The maximum atomic E-state index is 13.6. The lowest BCUT2D eigenvalue weighted by Gasteiger charge is -2.27. The number of likely N-dealkylation sites (tertiary alicyclic amines) is 1. The van der Waals surface area contributed by atoms with Gasteiger partial charge in [-0.1, -0.05) is 36.4 Å². The summed E-state index contributed by atoms with van der Waals surface area (Å²) in [5, 5.41) is 8.91. The van der Waals surface area contributed by atoms with Gasteiger partial charge in [-0.25, -0.2) is 4.98 Å². The van der Waals surface area contributed by atoms with E-state index in [1.807, 2.05) is 41.3 Å². The standard InChI is InChI=1S/C26H24N4O2/c27-15-19-9-12-25(28-16-19)32-22-13-14-29(17-22)18-26(31)30-23-7-3-1-5-20(23)10-11-21-6-2-4-8-24(21)30/h1-9,12,16,22H,10-11,13-14,17-18H2. The zero-order valence-electron chi connectivity index (χ0n) is 17.8. The zero-order chi connectivity index (χ0) is 21.9. The minimum Gasteiger partial charge on any atom is -0.473 e. The third-order valence-corrected chi connectivity index (χ3v) is 6.12. The number of rotatable bonds is 4. The first-order chi connectivity index (χ1) is 15.7. The Morgan fingerprint density at radius 2 is 1.72 bits per heavy atom. The Hall–Kier alpha value is -3.69. The molecule has 0 saturated carbocycles. The summed E-state index contributed by atoms with van der Waals surface area (Å²) < 4.78 is 5.98. The largest absolute Gasteiger partial charge is 0.473 e. The quantitative estimate of drug-likeness (QED) is 0.636. The van der Waals surface area contributed by atoms with E-state index in [0.717, 1.165) is 37.2 Å². The highest BCUT2D eigenvalue weighted by Crippen LogP contribution is 2.36. The summed E-state index contributed by atoms with van der Waals surface area (Å²) in [7, 11) is 0. The van der Waals surface area contributed by atoms with Crippen molar-refractivity contribution < 1.29 is 9.53 Å². The first-order valence-electron chi connectivity index (χ1n) is 11.0. The van der Waals surface area contributed by atoms with Gasteiger partial charge in [0.15, 0.2) is 0 Å². The van der Waals surface area contributed by atoms with Crippen LogP contribution >= 0.6 is 0 Å². The van der Waals surface area contributed by atoms with E-state index in [4.69, 9.17) is 10.00 Å². The van der Waals surface area contributed by atoms with Gasteiger partial charge in [0.1, 0.15) is 12.2 Å². The Labute approximate surface area is 187 Å². The van der Waals surface area contributed by atoms with Gasteiger partial charge in [0.2, 0.25) is 11.8 Å². The predicted molar refractivity (Wildman–Crippen MR) is 122 cm³/mol. The molecule has 2 aliphatic rings. The van der Waals surface area contributed by atoms with E-state index in [0.29, 0.717) is 24.5 Å². The molecular weight excluding hydrogens is 400 g/mol. The van der Waals surface area contributed by atoms with Crippen LogP contribution in [0.15, 0.2) is 66.9 Å². The molecule has 0 radical (unpaired) electrons. The van der Waals surface area contributed by atoms with Crippen LogP contribution in [0, 0.1) is 11.3 Å². The van der Waals surface area contributed by atoms with E-state index in [1.165, 1.54) is 17.3 Å². The Balaban J connectivity index is 1.30. The molecular formula is C26H24N4O2. The molecule has 32 heavy (non-hydrogen) atoms. The zero-order valence-corrected chi connectivity index (χ0v) is 17.8. The minimum absolute atomic E-state index is 0.0214. The molecule has 5 rings (SSSR count). The molecule has 2 aromatic carbocycles. The molecule has 3 aromatic rings. The fourth-order valence-corrected chi connectivity index (χ4v) is 4.53. The lowest BCUT2D eigenvalue weighted by molar-refractivity contribution is -0.118. The molecule has 0 N–H and O–H groups in total. The lowest BCUT2D eigenvalue weighted by Crippen LogP contribution is -2.38. The summed E-state index contributed by atoms with van der Waals surface area (Å²) in [6, 6.07) is 21.9. The van der Waals surface area contributed by atoms with E-state index in [2.05, 4.69) is 28.1 Å². The number of aromatic nitrogens is 1. The van der Waals surface area contributed by atoms with Crippen LogP contribution in [0.4, 0.5) is 11.4 Å². The number of carbonyl (C=O) groups excluding carboxylic acids is 1. The van der Waals surface area contributed by atoms with Gasteiger partial charge in [-0.15, -0.1) is 0 Å². The van der Waals surface area contributed by atoms with E-state index >= 15 is 0 Å². The summed E-state index contributed by atoms with van der Waals surface area (Å²) >= 11 is 0. The Morgan fingerprint density at radius 3 is 2.34 bits per heavy atom. The summed E-state index contributed by atoms with van der Waals surface area (Å²) in [6.07, 6.45) is 4.18. The van der Waals surface area contributed by atoms with Crippen molar-refractivity contribution in [1.29, 1.82) is 5.26 Å². The third kappa shape index (κ3) is 4.08. The summed E-state index contributed by atoms with van der Waals surface area (Å²) in [4.78, 5) is 21.8. The fraction of sp³-hybridized carbons (Fsp3) is 0.269. The number of amides is 1. The van der Waals surface area contributed by atoms with Crippen molar-refractivity contribution in [3.8, 4) is 11.9 Å². The van der Waals surface area contributed by atoms with E-state index in [-0.39, 0.29) is 12.0 Å². The van der Waals surface area contributed by atoms with Crippen molar-refractivity contribution in [2.45, 2.75) is 25.4 Å². The van der Waals surface area contributed by atoms with Crippen molar-refractivity contribution >= 4 is 17.3 Å². The van der Waals surface area contributed by atoms with Crippen molar-refractivity contribution in [1.82, 2.24) is 9.88 Å². The number of fused-ring (bicyclic) bond motifs is 2. The van der Waals surface area contributed by atoms with Crippen LogP contribution in [-0.2, 0) is 17.6 Å². The Bertz CT molecular complexity index is 1120. The molecule has 1 amide bonds. The van der Waals surface area contributed by atoms with Crippen LogP contribution in [0.5, 0.6) is 5.88 Å². The maximum absolute atomic E-state index is 13.6. The van der Waals surface area contributed by atoms with Crippen molar-refractivity contribution in [3.05, 3.63) is 83.6 Å². The third-order valence-electron chi connectivity index (χ3n) is 6.12. The topological polar surface area (TPSA) is 69.5 Å². The van der Waals surface area contributed by atoms with Crippen LogP contribution in [0.3, 0.4) is 0 Å². The fourth-order valence-electron chi connectivity index (χ4n) is 4.53. The average molecular weight is 425 g/mol. The second-order valence-corrected chi connectivity index (χ2v) is 8.25. The van der Waals surface area contributed by atoms with Gasteiger partial charge in [-0.05, 0) is 48.6 Å². The van der Waals surface area contributed by atoms with Gasteiger partial charge in [-0.2, -0.15) is 5.26 Å². The molecule has 1 atom stereocenters. The molecule has 1 fully saturated rings. The predicted octanol–water partition coefficient (Wildman–Crippen LogP) is 3.87. The molecule has 0 bridgehead atoms. The molecule has 0 aliphatic carbocycles. The number of para-hydroxylation sites is 2. The highest BCUT2D eigenvalue weighted by atomic mass is 16.5. The number of hydrogen-bond donors (Lipinski definition) is 0. The average Bonchev–Trinajstić information content (AvgIpc) is 3.18. The number of aryl methyl sites for hydroxylation is 2. The van der Waals surface area contributed by atoms with Crippen molar-refractivity contribution in [2.24, 2.45) is 0 Å². The van der Waals surface area contributed by atoms with Crippen molar-refractivity contribution in [3.63, 3.8) is 0 Å². The van der Waals surface area contributed by atoms with Crippen LogP contribution < -0.4 is 9.64 Å². The molecule has 0 spiro atoms. The van der Waals surface area contributed by atoms with Gasteiger partial charge >= 0.3 is 0 Å². The molecule has 6 nitrogen and oxygen atoms in total. The smallest absolute Gasteiger partial charge is 0.245 e. The second kappa shape index (κ2) is 8.81. The van der Waals surface area contributed by atoms with E-state index < -0.39 is 0 Å². The molecule has 1 saturated heterocycles. The van der Waals surface area contributed by atoms with E-state index in [1.54, 1.807) is 12.1 Å². The van der Waals surface area contributed by atoms with Gasteiger partial charge in [-0.3, -0.25) is 14.6 Å². The number of anilines is 2. The lowest BCUT2D eigenvalue weighted by atomic mass is 10.0. The second-order valence-electron chi connectivity index (χ2n) is 8.25. The molecule has 2 aliphatic heterocycles. The number of pyridine rings is 1. The highest BCUT2D eigenvalue weighted by molar-refractivity contribution is 6.03. The molecule has 160 valence electrons. The molecule has 6 heteroatoms. The first-order valence-corrected chi connectivity index (χ1v) is 11.0. The number of carbonyl (C=O) groups is 1. The molecule has 1 unspecified atom stereocenters. The van der Waals surface area contributed by atoms with Gasteiger partial charge in [0.25, 0.3) is 0 Å². The summed E-state index contributed by atoms with van der Waals surface area (Å²) in [6.45, 7) is 1.80. The SMILES string of the molecule is N#Cc1ccc(OC2CCN(CC(=O)N3c4ccccc4CCc4ccccc43)C2)nc1. The number of hydrogen-bond acceptors (Lipinski definition) is 5. The number of benzene rings is 2. The molecule has 3 heterocycles.